The third-order valence-corrected chi connectivity index (χ3v) is 5.35. The molecule has 26 heavy (non-hydrogen) atoms. The summed E-state index contributed by atoms with van der Waals surface area (Å²) in [6.07, 6.45) is 3.53. The maximum absolute atomic E-state index is 11.2. The van der Waals surface area contributed by atoms with E-state index in [-0.39, 0.29) is 6.04 Å². The number of rotatable bonds is 4. The van der Waals surface area contributed by atoms with Crippen LogP contribution < -0.4 is 0 Å². The fourth-order valence-electron chi connectivity index (χ4n) is 3.85. The number of nitrogens with zero attached hydrogens (tertiary/aromatic N) is 4. The maximum atomic E-state index is 11.2. The number of fused-ring (bicyclic) bond motifs is 1. The highest BCUT2D eigenvalue weighted by Crippen LogP contribution is 2.33. The number of aryl methyl sites for hydroxylation is 1. The van der Waals surface area contributed by atoms with Gasteiger partial charge in [-0.2, -0.15) is 0 Å². The highest BCUT2D eigenvalue weighted by Gasteiger charge is 2.38. The molecule has 0 bridgehead atoms. The molecule has 4 rings (SSSR count). The molecule has 3 heterocycles. The quantitative estimate of drug-likeness (QED) is 0.778. The van der Waals surface area contributed by atoms with E-state index in [0.717, 1.165) is 36.2 Å². The Kier molecular flexibility index (Phi) is 4.32. The Morgan fingerprint density at radius 3 is 2.88 bits per heavy atom. The summed E-state index contributed by atoms with van der Waals surface area (Å²) >= 11 is 0. The van der Waals surface area contributed by atoms with Crippen molar-refractivity contribution in [1.29, 1.82) is 0 Å². The Hall–Kier alpha value is -2.18. The molecule has 6 nitrogen and oxygen atoms in total. The fourth-order valence-corrected chi connectivity index (χ4v) is 3.85. The van der Waals surface area contributed by atoms with E-state index in [1.807, 2.05) is 31.3 Å². The van der Waals surface area contributed by atoms with Gasteiger partial charge in [0.15, 0.2) is 0 Å². The van der Waals surface area contributed by atoms with Crippen molar-refractivity contribution in [2.24, 2.45) is 0 Å². The smallest absolute Gasteiger partial charge is 0.134 e. The van der Waals surface area contributed by atoms with Gasteiger partial charge in [-0.15, -0.1) is 5.10 Å². The van der Waals surface area contributed by atoms with Gasteiger partial charge in [-0.25, -0.2) is 4.68 Å². The van der Waals surface area contributed by atoms with Gasteiger partial charge in [0, 0.05) is 30.1 Å². The highest BCUT2D eigenvalue weighted by atomic mass is 16.3. The summed E-state index contributed by atoms with van der Waals surface area (Å²) in [6.45, 7) is 8.41. The molecule has 1 N–H and O–H groups in total. The first-order chi connectivity index (χ1) is 12.5. The van der Waals surface area contributed by atoms with Crippen LogP contribution in [-0.2, 0) is 12.1 Å². The SMILES string of the molecule is Cc1oc2ccccc2c1CN1CCC[C@](O)(c2cn(C(C)C)nn2)C1. The molecule has 0 unspecified atom stereocenters. The zero-order valence-corrected chi connectivity index (χ0v) is 15.6. The molecule has 0 radical (unpaired) electrons. The second-order valence-electron chi connectivity index (χ2n) is 7.66. The number of furan rings is 1. The van der Waals surface area contributed by atoms with Crippen LogP contribution in [0.15, 0.2) is 34.9 Å². The number of hydrogen-bond donors (Lipinski definition) is 1. The topological polar surface area (TPSA) is 67.3 Å². The zero-order valence-electron chi connectivity index (χ0n) is 15.6. The maximum Gasteiger partial charge on any atom is 0.134 e. The molecule has 2 aromatic heterocycles. The number of hydrogen-bond acceptors (Lipinski definition) is 5. The fraction of sp³-hybridized carbons (Fsp3) is 0.500. The minimum atomic E-state index is -0.946. The Morgan fingerprint density at radius 1 is 1.31 bits per heavy atom. The van der Waals surface area contributed by atoms with Crippen molar-refractivity contribution in [3.05, 3.63) is 47.5 Å². The largest absolute Gasteiger partial charge is 0.461 e. The second kappa shape index (κ2) is 6.52. The molecule has 0 amide bonds. The van der Waals surface area contributed by atoms with Gasteiger partial charge in [-0.1, -0.05) is 23.4 Å². The second-order valence-corrected chi connectivity index (χ2v) is 7.66. The Morgan fingerprint density at radius 2 is 2.12 bits per heavy atom. The summed E-state index contributed by atoms with van der Waals surface area (Å²) in [4.78, 5) is 2.29. The molecule has 0 aliphatic carbocycles. The Balaban J connectivity index is 1.57. The van der Waals surface area contributed by atoms with Crippen molar-refractivity contribution in [2.75, 3.05) is 13.1 Å². The third kappa shape index (κ3) is 3.04. The van der Waals surface area contributed by atoms with Gasteiger partial charge in [0.25, 0.3) is 0 Å². The van der Waals surface area contributed by atoms with Crippen molar-refractivity contribution >= 4 is 11.0 Å². The van der Waals surface area contributed by atoms with E-state index >= 15 is 0 Å². The van der Waals surface area contributed by atoms with Crippen LogP contribution in [-0.4, -0.2) is 38.1 Å². The Bertz CT molecular complexity index is 914. The molecule has 1 atom stereocenters. The van der Waals surface area contributed by atoms with Gasteiger partial charge >= 0.3 is 0 Å². The van der Waals surface area contributed by atoms with Gasteiger partial charge in [-0.3, -0.25) is 4.90 Å². The number of aliphatic hydroxyl groups is 1. The minimum Gasteiger partial charge on any atom is -0.461 e. The molecule has 1 aliphatic rings. The lowest BCUT2D eigenvalue weighted by Gasteiger charge is -2.38. The molecule has 1 fully saturated rings. The first kappa shape index (κ1) is 17.2. The van der Waals surface area contributed by atoms with E-state index in [1.165, 1.54) is 5.56 Å². The van der Waals surface area contributed by atoms with Crippen LogP contribution in [0, 0.1) is 6.92 Å². The van der Waals surface area contributed by atoms with E-state index in [4.69, 9.17) is 4.42 Å². The van der Waals surface area contributed by atoms with E-state index in [2.05, 4.69) is 35.1 Å². The molecule has 138 valence electrons. The summed E-state index contributed by atoms with van der Waals surface area (Å²) in [6, 6.07) is 8.37. The van der Waals surface area contributed by atoms with Crippen LogP contribution in [0.2, 0.25) is 0 Å². The first-order valence-electron chi connectivity index (χ1n) is 9.30. The van der Waals surface area contributed by atoms with Gasteiger partial charge < -0.3 is 9.52 Å². The zero-order chi connectivity index (χ0) is 18.3. The number of benzene rings is 1. The van der Waals surface area contributed by atoms with Crippen molar-refractivity contribution in [3.63, 3.8) is 0 Å². The average Bonchev–Trinajstić information content (AvgIpc) is 3.22. The first-order valence-corrected chi connectivity index (χ1v) is 9.30. The molecular weight excluding hydrogens is 328 g/mol. The van der Waals surface area contributed by atoms with Crippen molar-refractivity contribution < 1.29 is 9.52 Å². The predicted molar refractivity (Wildman–Crippen MR) is 99.8 cm³/mol. The number of aromatic nitrogens is 3. The third-order valence-electron chi connectivity index (χ3n) is 5.35. The number of para-hydroxylation sites is 1. The normalized spacial score (nSPS) is 21.7. The summed E-state index contributed by atoms with van der Waals surface area (Å²) in [5, 5.41) is 20.8. The van der Waals surface area contributed by atoms with E-state index < -0.39 is 5.60 Å². The van der Waals surface area contributed by atoms with Crippen molar-refractivity contribution in [1.82, 2.24) is 19.9 Å². The molecule has 1 aromatic carbocycles. The van der Waals surface area contributed by atoms with Gasteiger partial charge in [0.1, 0.15) is 22.6 Å². The molecule has 6 heteroatoms. The van der Waals surface area contributed by atoms with Crippen LogP contribution in [0.5, 0.6) is 0 Å². The summed E-state index contributed by atoms with van der Waals surface area (Å²) in [5.74, 6) is 0.950. The van der Waals surface area contributed by atoms with Crippen LogP contribution in [0.25, 0.3) is 11.0 Å². The number of β-amino-alcohol motifs (C(OH)–C–C–N with tert-alkyl or cyclic N) is 1. The minimum absolute atomic E-state index is 0.236. The molecular formula is C20H26N4O2. The standard InChI is InChI=1S/C20H26N4O2/c1-14(2)24-12-19(21-22-24)20(25)9-6-10-23(13-20)11-17-15(3)26-18-8-5-4-7-16(17)18/h4-5,7-8,12,14,25H,6,9-11,13H2,1-3H3/t20-/m1/s1. The van der Waals surface area contributed by atoms with E-state index in [0.29, 0.717) is 18.7 Å². The lowest BCUT2D eigenvalue weighted by Crippen LogP contribution is -2.46. The van der Waals surface area contributed by atoms with Crippen molar-refractivity contribution in [3.8, 4) is 0 Å². The van der Waals surface area contributed by atoms with E-state index in [9.17, 15) is 5.11 Å². The summed E-state index contributed by atoms with van der Waals surface area (Å²) in [5.41, 5.74) is 1.85. The summed E-state index contributed by atoms with van der Waals surface area (Å²) < 4.78 is 7.70. The lowest BCUT2D eigenvalue weighted by molar-refractivity contribution is -0.0414. The molecule has 1 saturated heterocycles. The molecule has 1 aliphatic heterocycles. The van der Waals surface area contributed by atoms with Gasteiger partial charge in [0.2, 0.25) is 0 Å². The number of likely N-dealkylation sites (tertiary alicyclic amines) is 1. The lowest BCUT2D eigenvalue weighted by atomic mass is 9.89. The predicted octanol–water partition coefficient (Wildman–Crippen LogP) is 3.40. The highest BCUT2D eigenvalue weighted by molar-refractivity contribution is 5.82. The van der Waals surface area contributed by atoms with Crippen molar-refractivity contribution in [2.45, 2.75) is 51.8 Å². The molecule has 0 spiro atoms. The van der Waals surface area contributed by atoms with Gasteiger partial charge in [-0.05, 0) is 46.2 Å². The van der Waals surface area contributed by atoms with E-state index in [1.54, 1.807) is 4.68 Å². The average molecular weight is 354 g/mol. The van der Waals surface area contributed by atoms with Gasteiger partial charge in [0.05, 0.1) is 6.20 Å². The molecule has 3 aromatic rings. The van der Waals surface area contributed by atoms with Crippen LogP contribution >= 0.6 is 0 Å². The van der Waals surface area contributed by atoms with Crippen LogP contribution in [0.1, 0.15) is 49.7 Å². The summed E-state index contributed by atoms with van der Waals surface area (Å²) in [7, 11) is 0. The molecule has 0 saturated carbocycles. The number of piperidine rings is 1. The van der Waals surface area contributed by atoms with Crippen LogP contribution in [0.4, 0.5) is 0 Å². The van der Waals surface area contributed by atoms with Crippen LogP contribution in [0.3, 0.4) is 0 Å². The Labute approximate surface area is 153 Å². The monoisotopic (exact) mass is 354 g/mol.